The Kier molecular flexibility index (Phi) is 4.13. The van der Waals surface area contributed by atoms with Gasteiger partial charge in [-0.05, 0) is 18.2 Å². The van der Waals surface area contributed by atoms with Crippen LogP contribution in [-0.2, 0) is 13.6 Å². The minimum atomic E-state index is -1.11. The molecule has 0 aliphatic heterocycles. The van der Waals surface area contributed by atoms with E-state index in [0.29, 0.717) is 22.2 Å². The van der Waals surface area contributed by atoms with Gasteiger partial charge in [0.05, 0.1) is 11.8 Å². The summed E-state index contributed by atoms with van der Waals surface area (Å²) in [6.45, 7) is 0.0238. The van der Waals surface area contributed by atoms with Crippen molar-refractivity contribution < 1.29 is 14.7 Å². The molecule has 1 amide bonds. The average Bonchev–Trinajstić information content (AvgIpc) is 2.92. The van der Waals surface area contributed by atoms with E-state index in [2.05, 4.69) is 20.4 Å². The number of hydrogen-bond donors (Lipinski definition) is 2. The number of carboxylic acids is 1. The third kappa shape index (κ3) is 2.91. The number of rotatable bonds is 4. The summed E-state index contributed by atoms with van der Waals surface area (Å²) in [6.07, 6.45) is 2.96. The lowest BCUT2D eigenvalue weighted by Gasteiger charge is -2.08. The Morgan fingerprint density at radius 2 is 2.21 bits per heavy atom. The number of carbonyl (C=O) groups excluding carboxylic acids is 1. The maximum atomic E-state index is 12.5. The van der Waals surface area contributed by atoms with Gasteiger partial charge in [-0.1, -0.05) is 11.6 Å². The maximum Gasteiger partial charge on any atom is 0.354 e. The molecule has 9 heteroatoms. The number of carbonyl (C=O) groups is 2. The summed E-state index contributed by atoms with van der Waals surface area (Å²) in [7, 11) is 1.52. The minimum Gasteiger partial charge on any atom is -0.477 e. The summed E-state index contributed by atoms with van der Waals surface area (Å²) in [5, 5.41) is 16.5. The van der Waals surface area contributed by atoms with Crippen LogP contribution in [0.4, 0.5) is 0 Å². The fourth-order valence-electron chi connectivity index (χ4n) is 2.37. The number of nitrogens with one attached hydrogen (secondary N) is 1. The second-order valence-electron chi connectivity index (χ2n) is 5.00. The summed E-state index contributed by atoms with van der Waals surface area (Å²) in [5.41, 5.74) is 1.11. The predicted octanol–water partition coefficient (Wildman–Crippen LogP) is 1.64. The molecule has 2 N–H and O–H groups in total. The highest BCUT2D eigenvalue weighted by atomic mass is 35.5. The molecular formula is C15H12ClN5O3. The van der Waals surface area contributed by atoms with Crippen molar-refractivity contribution in [3.8, 4) is 0 Å². The molecule has 3 rings (SSSR count). The molecule has 0 spiro atoms. The van der Waals surface area contributed by atoms with Crippen LogP contribution in [0, 0.1) is 0 Å². The zero-order chi connectivity index (χ0) is 17.3. The van der Waals surface area contributed by atoms with Crippen LogP contribution in [0.2, 0.25) is 5.15 Å². The number of aromatic carboxylic acids is 1. The average molecular weight is 346 g/mol. The second kappa shape index (κ2) is 6.25. The molecular weight excluding hydrogens is 334 g/mol. The molecule has 0 saturated heterocycles. The Morgan fingerprint density at radius 1 is 1.42 bits per heavy atom. The predicted molar refractivity (Wildman–Crippen MR) is 85.9 cm³/mol. The molecule has 3 aromatic rings. The Labute approximate surface area is 141 Å². The molecule has 8 nitrogen and oxygen atoms in total. The molecule has 0 aliphatic carbocycles. The number of amides is 1. The first kappa shape index (κ1) is 15.9. The van der Waals surface area contributed by atoms with Crippen molar-refractivity contribution in [2.45, 2.75) is 6.54 Å². The number of aryl methyl sites for hydroxylation is 1. The zero-order valence-corrected chi connectivity index (χ0v) is 13.3. The van der Waals surface area contributed by atoms with Gasteiger partial charge in [-0.25, -0.2) is 14.8 Å². The van der Waals surface area contributed by atoms with E-state index in [1.165, 1.54) is 24.0 Å². The Balaban J connectivity index is 1.88. The van der Waals surface area contributed by atoms with Gasteiger partial charge in [0, 0.05) is 30.7 Å². The molecule has 3 heterocycles. The topological polar surface area (TPSA) is 110 Å². The van der Waals surface area contributed by atoms with E-state index in [1.807, 2.05) is 0 Å². The van der Waals surface area contributed by atoms with Crippen LogP contribution in [0.15, 0.2) is 30.6 Å². The summed E-state index contributed by atoms with van der Waals surface area (Å²) in [5.74, 6) is -1.52. The number of hydrogen-bond acceptors (Lipinski definition) is 5. The van der Waals surface area contributed by atoms with Gasteiger partial charge in [-0.2, -0.15) is 5.10 Å². The molecule has 0 aliphatic rings. The first-order chi connectivity index (χ1) is 11.5. The number of carboxylic acid groups (broad SMARTS) is 1. The highest BCUT2D eigenvalue weighted by Crippen LogP contribution is 2.19. The van der Waals surface area contributed by atoms with Gasteiger partial charge in [0.2, 0.25) is 0 Å². The Morgan fingerprint density at radius 3 is 2.96 bits per heavy atom. The van der Waals surface area contributed by atoms with Crippen molar-refractivity contribution in [1.82, 2.24) is 25.1 Å². The number of fused-ring (bicyclic) bond motifs is 1. The van der Waals surface area contributed by atoms with E-state index < -0.39 is 11.9 Å². The first-order valence-corrected chi connectivity index (χ1v) is 7.29. The highest BCUT2D eigenvalue weighted by Gasteiger charge is 2.18. The van der Waals surface area contributed by atoms with Gasteiger partial charge in [-0.15, -0.1) is 0 Å². The highest BCUT2D eigenvalue weighted by molar-refractivity contribution is 6.30. The summed E-state index contributed by atoms with van der Waals surface area (Å²) in [6, 6.07) is 4.86. The molecule has 0 fully saturated rings. The maximum absolute atomic E-state index is 12.5. The van der Waals surface area contributed by atoms with Gasteiger partial charge < -0.3 is 10.4 Å². The van der Waals surface area contributed by atoms with Crippen molar-refractivity contribution in [2.24, 2.45) is 7.05 Å². The van der Waals surface area contributed by atoms with Crippen LogP contribution in [-0.4, -0.2) is 36.7 Å². The van der Waals surface area contributed by atoms with Crippen molar-refractivity contribution in [2.75, 3.05) is 0 Å². The van der Waals surface area contributed by atoms with E-state index in [0.717, 1.165) is 0 Å². The smallest absolute Gasteiger partial charge is 0.354 e. The van der Waals surface area contributed by atoms with E-state index in [1.54, 1.807) is 18.3 Å². The summed E-state index contributed by atoms with van der Waals surface area (Å²) in [4.78, 5) is 31.8. The molecule has 0 atom stereocenters. The second-order valence-corrected chi connectivity index (χ2v) is 5.38. The summed E-state index contributed by atoms with van der Waals surface area (Å²) >= 11 is 5.93. The van der Waals surface area contributed by atoms with Gasteiger partial charge in [0.1, 0.15) is 5.15 Å². The molecule has 122 valence electrons. The summed E-state index contributed by atoms with van der Waals surface area (Å²) < 4.78 is 1.24. The molecule has 0 saturated carbocycles. The number of pyridine rings is 2. The van der Waals surface area contributed by atoms with Gasteiger partial charge >= 0.3 is 5.97 Å². The standard InChI is InChI=1S/C15H12ClN5O3/c1-21-12(15(23)24)8(7-19-21)6-18-14(22)10-5-11(16)20-13-9(10)3-2-4-17-13/h2-5,7H,6H2,1H3,(H,18,22)(H,23,24). The van der Waals surface area contributed by atoms with E-state index in [4.69, 9.17) is 11.6 Å². The van der Waals surface area contributed by atoms with E-state index >= 15 is 0 Å². The van der Waals surface area contributed by atoms with Crippen molar-refractivity contribution in [3.05, 3.63) is 52.6 Å². The monoisotopic (exact) mass is 345 g/mol. The lowest BCUT2D eigenvalue weighted by Crippen LogP contribution is -2.24. The molecule has 0 radical (unpaired) electrons. The van der Waals surface area contributed by atoms with Crippen LogP contribution < -0.4 is 5.32 Å². The third-order valence-electron chi connectivity index (χ3n) is 3.45. The largest absolute Gasteiger partial charge is 0.477 e. The first-order valence-electron chi connectivity index (χ1n) is 6.91. The lowest BCUT2D eigenvalue weighted by atomic mass is 10.1. The van der Waals surface area contributed by atoms with Crippen molar-refractivity contribution in [3.63, 3.8) is 0 Å². The van der Waals surface area contributed by atoms with Crippen molar-refractivity contribution in [1.29, 1.82) is 0 Å². The van der Waals surface area contributed by atoms with Crippen LogP contribution >= 0.6 is 11.6 Å². The van der Waals surface area contributed by atoms with Gasteiger partial charge in [-0.3, -0.25) is 9.48 Å². The quantitative estimate of drug-likeness (QED) is 0.696. The van der Waals surface area contributed by atoms with E-state index in [9.17, 15) is 14.7 Å². The molecule has 0 bridgehead atoms. The van der Waals surface area contributed by atoms with Crippen LogP contribution in [0.1, 0.15) is 26.4 Å². The Hall–Kier alpha value is -3.00. The zero-order valence-electron chi connectivity index (χ0n) is 12.5. The normalized spacial score (nSPS) is 10.8. The number of aromatic nitrogens is 4. The lowest BCUT2D eigenvalue weighted by molar-refractivity contribution is 0.0682. The minimum absolute atomic E-state index is 0.0228. The molecule has 0 aromatic carbocycles. The van der Waals surface area contributed by atoms with E-state index in [-0.39, 0.29) is 17.4 Å². The van der Waals surface area contributed by atoms with Crippen LogP contribution in [0.5, 0.6) is 0 Å². The number of halogens is 1. The third-order valence-corrected chi connectivity index (χ3v) is 3.65. The fourth-order valence-corrected chi connectivity index (χ4v) is 2.56. The number of nitrogens with zero attached hydrogens (tertiary/aromatic N) is 4. The molecule has 3 aromatic heterocycles. The molecule has 24 heavy (non-hydrogen) atoms. The van der Waals surface area contributed by atoms with Crippen LogP contribution in [0.3, 0.4) is 0 Å². The fraction of sp³-hybridized carbons (Fsp3) is 0.133. The van der Waals surface area contributed by atoms with Gasteiger partial charge in [0.25, 0.3) is 5.91 Å². The van der Waals surface area contributed by atoms with Crippen molar-refractivity contribution >= 4 is 34.5 Å². The Bertz CT molecular complexity index is 953. The van der Waals surface area contributed by atoms with Crippen LogP contribution in [0.25, 0.3) is 11.0 Å². The molecule has 0 unspecified atom stereocenters. The SMILES string of the molecule is Cn1ncc(CNC(=O)c2cc(Cl)nc3ncccc23)c1C(=O)O. The van der Waals surface area contributed by atoms with Gasteiger partial charge in [0.15, 0.2) is 11.3 Å².